The first kappa shape index (κ1) is 19.7. The molecule has 1 fully saturated rings. The summed E-state index contributed by atoms with van der Waals surface area (Å²) in [7, 11) is 0. The molecule has 6 nitrogen and oxygen atoms in total. The number of H-pyrrole nitrogens is 1. The van der Waals surface area contributed by atoms with Crippen LogP contribution >= 0.6 is 0 Å². The van der Waals surface area contributed by atoms with Crippen molar-refractivity contribution < 1.29 is 23.4 Å². The minimum Gasteiger partial charge on any atom is -0.479 e. The molecule has 1 unspecified atom stereocenters. The molecule has 0 spiro atoms. The van der Waals surface area contributed by atoms with Crippen LogP contribution < -0.4 is 0 Å². The van der Waals surface area contributed by atoms with Crippen LogP contribution in [-0.4, -0.2) is 38.6 Å². The monoisotopic (exact) mass is 425 g/mol. The van der Waals surface area contributed by atoms with Gasteiger partial charge in [-0.05, 0) is 42.2 Å². The first-order chi connectivity index (χ1) is 14.8. The predicted octanol–water partition coefficient (Wildman–Crippen LogP) is 4.87. The Morgan fingerprint density at radius 1 is 1.26 bits per heavy atom. The summed E-state index contributed by atoms with van der Waals surface area (Å²) in [4.78, 5) is 11.5. The Morgan fingerprint density at radius 2 is 2.06 bits per heavy atom. The number of halogens is 2. The minimum atomic E-state index is -0.978. The van der Waals surface area contributed by atoms with Crippen LogP contribution in [0.25, 0.3) is 27.5 Å². The van der Waals surface area contributed by atoms with Gasteiger partial charge in [0, 0.05) is 34.1 Å². The van der Waals surface area contributed by atoms with Gasteiger partial charge in [0.25, 0.3) is 0 Å². The number of aliphatic carboxylic acids is 1. The third kappa shape index (κ3) is 3.09. The van der Waals surface area contributed by atoms with E-state index in [2.05, 4.69) is 10.2 Å². The van der Waals surface area contributed by atoms with Crippen molar-refractivity contribution in [2.24, 2.45) is 0 Å². The largest absolute Gasteiger partial charge is 0.479 e. The normalized spacial score (nSPS) is 19.1. The van der Waals surface area contributed by atoms with Gasteiger partial charge < -0.3 is 14.4 Å². The lowest BCUT2D eigenvalue weighted by atomic mass is 9.90. The smallest absolute Gasteiger partial charge is 0.332 e. The van der Waals surface area contributed by atoms with E-state index >= 15 is 0 Å². The Labute approximate surface area is 176 Å². The lowest BCUT2D eigenvalue weighted by Gasteiger charge is -2.18. The number of ether oxygens (including phenoxy) is 1. The van der Waals surface area contributed by atoms with Crippen LogP contribution in [-0.2, 0) is 9.53 Å². The summed E-state index contributed by atoms with van der Waals surface area (Å²) >= 11 is 0. The second kappa shape index (κ2) is 7.16. The predicted molar refractivity (Wildman–Crippen MR) is 112 cm³/mol. The van der Waals surface area contributed by atoms with Crippen molar-refractivity contribution in [1.82, 2.24) is 14.8 Å². The topological polar surface area (TPSA) is 80.1 Å². The summed E-state index contributed by atoms with van der Waals surface area (Å²) in [6, 6.07) is 7.82. The SMILES string of the molecule is CC(C)c1c(C2CO[C@H](C(=O)O)C2)c2cc3[nH]ncc3cc2n1-c1ccc(F)c(F)c1. The molecule has 4 aromatic rings. The molecule has 0 amide bonds. The second-order valence-electron chi connectivity index (χ2n) is 8.31. The molecule has 2 N–H and O–H groups in total. The second-order valence-corrected chi connectivity index (χ2v) is 8.31. The molecule has 0 bridgehead atoms. The van der Waals surface area contributed by atoms with E-state index < -0.39 is 23.7 Å². The highest BCUT2D eigenvalue weighted by atomic mass is 19.2. The van der Waals surface area contributed by atoms with Crippen molar-refractivity contribution in [2.75, 3.05) is 6.61 Å². The Balaban J connectivity index is 1.83. The number of hydrogen-bond donors (Lipinski definition) is 2. The third-order valence-corrected chi connectivity index (χ3v) is 5.99. The molecular weight excluding hydrogens is 404 g/mol. The Hall–Kier alpha value is -3.26. The van der Waals surface area contributed by atoms with E-state index in [0.29, 0.717) is 12.1 Å². The van der Waals surface area contributed by atoms with Crippen molar-refractivity contribution in [3.05, 3.63) is 59.4 Å². The summed E-state index contributed by atoms with van der Waals surface area (Å²) in [5.74, 6) is -2.90. The van der Waals surface area contributed by atoms with Crippen molar-refractivity contribution in [1.29, 1.82) is 0 Å². The van der Waals surface area contributed by atoms with Gasteiger partial charge in [-0.3, -0.25) is 5.10 Å². The zero-order valence-electron chi connectivity index (χ0n) is 17.0. The number of nitrogens with one attached hydrogen (secondary N) is 1. The molecule has 1 saturated heterocycles. The average molecular weight is 425 g/mol. The van der Waals surface area contributed by atoms with Gasteiger partial charge >= 0.3 is 5.97 Å². The molecule has 0 radical (unpaired) electrons. The molecular formula is C23H21F2N3O3. The van der Waals surface area contributed by atoms with E-state index in [1.54, 1.807) is 12.3 Å². The van der Waals surface area contributed by atoms with Crippen LogP contribution in [0.3, 0.4) is 0 Å². The van der Waals surface area contributed by atoms with E-state index in [1.807, 2.05) is 30.5 Å². The number of carbonyl (C=O) groups is 1. The minimum absolute atomic E-state index is 0.0378. The number of aromatic nitrogens is 3. The highest BCUT2D eigenvalue weighted by Gasteiger charge is 2.36. The Kier molecular flexibility index (Phi) is 4.55. The molecule has 5 rings (SSSR count). The lowest BCUT2D eigenvalue weighted by molar-refractivity contribution is -0.147. The number of nitrogens with zero attached hydrogens (tertiary/aromatic N) is 2. The van der Waals surface area contributed by atoms with Crippen molar-refractivity contribution in [3.63, 3.8) is 0 Å². The number of carboxylic acid groups (broad SMARTS) is 1. The zero-order valence-corrected chi connectivity index (χ0v) is 17.0. The highest BCUT2D eigenvalue weighted by Crippen LogP contribution is 2.43. The molecule has 160 valence electrons. The zero-order chi connectivity index (χ0) is 21.9. The van der Waals surface area contributed by atoms with Gasteiger partial charge in [0.15, 0.2) is 17.7 Å². The number of rotatable bonds is 4. The van der Waals surface area contributed by atoms with Crippen LogP contribution in [0.5, 0.6) is 0 Å². The molecule has 31 heavy (non-hydrogen) atoms. The number of aromatic amines is 1. The molecule has 2 atom stereocenters. The lowest BCUT2D eigenvalue weighted by Crippen LogP contribution is -2.18. The summed E-state index contributed by atoms with van der Waals surface area (Å²) in [6.45, 7) is 4.35. The van der Waals surface area contributed by atoms with Gasteiger partial charge in [-0.1, -0.05) is 13.8 Å². The van der Waals surface area contributed by atoms with Crippen LogP contribution in [0.15, 0.2) is 36.5 Å². The first-order valence-electron chi connectivity index (χ1n) is 10.2. The molecule has 1 aliphatic heterocycles. The maximum atomic E-state index is 14.2. The van der Waals surface area contributed by atoms with E-state index in [0.717, 1.165) is 39.1 Å². The van der Waals surface area contributed by atoms with Crippen LogP contribution in [0.1, 0.15) is 43.4 Å². The van der Waals surface area contributed by atoms with Gasteiger partial charge in [0.2, 0.25) is 0 Å². The fourth-order valence-corrected chi connectivity index (χ4v) is 4.67. The summed E-state index contributed by atoms with van der Waals surface area (Å²) in [6.07, 6.45) is 1.21. The summed E-state index contributed by atoms with van der Waals surface area (Å²) < 4.78 is 35.3. The molecule has 3 heterocycles. The number of fused-ring (bicyclic) bond motifs is 2. The fourth-order valence-electron chi connectivity index (χ4n) is 4.67. The maximum Gasteiger partial charge on any atom is 0.332 e. The standard InChI is InChI=1S/C23H21F2N3O3/c1-11(2)22-21(13-6-20(23(29)30)31-10-13)15-8-18-12(9-26-27-18)5-19(15)28(22)14-3-4-16(24)17(25)7-14/h3-5,7-9,11,13,20H,6,10H2,1-2H3,(H,26,27)(H,29,30)/t13?,20-/m0/s1. The molecule has 2 aromatic heterocycles. The molecule has 8 heteroatoms. The van der Waals surface area contributed by atoms with E-state index in [9.17, 15) is 18.7 Å². The molecule has 0 saturated carbocycles. The van der Waals surface area contributed by atoms with E-state index in [1.165, 1.54) is 6.07 Å². The van der Waals surface area contributed by atoms with Gasteiger partial charge in [-0.2, -0.15) is 5.10 Å². The Bertz CT molecular complexity index is 1320. The van der Waals surface area contributed by atoms with Crippen LogP contribution in [0, 0.1) is 11.6 Å². The van der Waals surface area contributed by atoms with Gasteiger partial charge in [-0.25, -0.2) is 13.6 Å². The van der Waals surface area contributed by atoms with Crippen molar-refractivity contribution in [3.8, 4) is 5.69 Å². The number of hydrogen-bond acceptors (Lipinski definition) is 3. The van der Waals surface area contributed by atoms with Gasteiger partial charge in [0.05, 0.1) is 23.8 Å². The van der Waals surface area contributed by atoms with Crippen molar-refractivity contribution >= 4 is 27.8 Å². The Morgan fingerprint density at radius 3 is 2.74 bits per heavy atom. The number of benzene rings is 2. The molecule has 1 aliphatic rings. The first-order valence-corrected chi connectivity index (χ1v) is 10.2. The van der Waals surface area contributed by atoms with E-state index in [-0.39, 0.29) is 18.4 Å². The quantitative estimate of drug-likeness (QED) is 0.489. The van der Waals surface area contributed by atoms with E-state index in [4.69, 9.17) is 4.74 Å². The molecule has 2 aromatic carbocycles. The number of carboxylic acids is 1. The van der Waals surface area contributed by atoms with Crippen molar-refractivity contribution in [2.45, 2.75) is 38.2 Å². The van der Waals surface area contributed by atoms with Crippen LogP contribution in [0.4, 0.5) is 8.78 Å². The van der Waals surface area contributed by atoms with Crippen LogP contribution in [0.2, 0.25) is 0 Å². The van der Waals surface area contributed by atoms with Gasteiger partial charge in [0.1, 0.15) is 0 Å². The van der Waals surface area contributed by atoms with Gasteiger partial charge in [-0.15, -0.1) is 0 Å². The summed E-state index contributed by atoms with van der Waals surface area (Å²) in [5, 5.41) is 18.3. The highest BCUT2D eigenvalue weighted by molar-refractivity contribution is 5.99. The molecule has 0 aliphatic carbocycles. The average Bonchev–Trinajstić information content (AvgIpc) is 3.44. The maximum absolute atomic E-state index is 14.2. The third-order valence-electron chi connectivity index (χ3n) is 5.99. The summed E-state index contributed by atoms with van der Waals surface area (Å²) in [5.41, 5.74) is 4.10. The fraction of sp³-hybridized carbons (Fsp3) is 0.304.